The normalized spacial score (nSPS) is 11.4. The molecule has 0 bridgehead atoms. The maximum atomic E-state index is 12.7. The van der Waals surface area contributed by atoms with Gasteiger partial charge in [-0.15, -0.1) is 0 Å². The fourth-order valence-electron chi connectivity index (χ4n) is 2.62. The first-order chi connectivity index (χ1) is 11.0. The first-order valence-corrected chi connectivity index (χ1v) is 7.50. The number of fused-ring (bicyclic) bond motifs is 1. The molecule has 4 heteroatoms. The molecule has 0 radical (unpaired) electrons. The van der Waals surface area contributed by atoms with Gasteiger partial charge in [0.25, 0.3) is 0 Å². The van der Waals surface area contributed by atoms with Gasteiger partial charge in [0, 0.05) is 11.1 Å². The number of anilines is 2. The van der Waals surface area contributed by atoms with E-state index in [-0.39, 0.29) is 5.91 Å². The van der Waals surface area contributed by atoms with E-state index in [1.807, 2.05) is 68.4 Å². The van der Waals surface area contributed by atoms with Crippen LogP contribution in [0.15, 0.2) is 60.8 Å². The van der Waals surface area contributed by atoms with Crippen LogP contribution in [0.3, 0.4) is 0 Å². The van der Waals surface area contributed by atoms with Crippen molar-refractivity contribution in [2.75, 3.05) is 11.1 Å². The first-order valence-electron chi connectivity index (χ1n) is 7.50. The van der Waals surface area contributed by atoms with E-state index in [2.05, 4.69) is 10.3 Å². The van der Waals surface area contributed by atoms with Gasteiger partial charge in [-0.1, -0.05) is 36.4 Å². The molecule has 1 heterocycles. The third-order valence-electron chi connectivity index (χ3n) is 4.05. The minimum absolute atomic E-state index is 0.118. The van der Waals surface area contributed by atoms with Crippen molar-refractivity contribution in [1.29, 1.82) is 0 Å². The maximum Gasteiger partial charge on any atom is 0.234 e. The number of para-hydroxylation sites is 2. The lowest BCUT2D eigenvalue weighted by Crippen LogP contribution is -2.35. The van der Waals surface area contributed by atoms with E-state index in [1.54, 1.807) is 6.20 Å². The molecule has 2 aromatic carbocycles. The number of pyridine rings is 1. The van der Waals surface area contributed by atoms with Gasteiger partial charge in [-0.2, -0.15) is 0 Å². The van der Waals surface area contributed by atoms with Crippen LogP contribution in [-0.4, -0.2) is 10.9 Å². The Kier molecular flexibility index (Phi) is 3.74. The van der Waals surface area contributed by atoms with Crippen LogP contribution in [0.25, 0.3) is 10.9 Å². The number of nitrogen functional groups attached to an aromatic ring is 1. The molecule has 116 valence electrons. The summed E-state index contributed by atoms with van der Waals surface area (Å²) in [6.45, 7) is 3.73. The Labute approximate surface area is 135 Å². The lowest BCUT2D eigenvalue weighted by Gasteiger charge is -2.25. The number of hydrogen-bond acceptors (Lipinski definition) is 3. The second-order valence-corrected chi connectivity index (χ2v) is 6.08. The number of carbonyl (C=O) groups excluding carboxylic acids is 1. The molecular weight excluding hydrogens is 286 g/mol. The van der Waals surface area contributed by atoms with Crippen LogP contribution in [0.4, 0.5) is 11.4 Å². The Bertz CT molecular complexity index is 871. The Balaban J connectivity index is 1.89. The molecule has 0 spiro atoms. The smallest absolute Gasteiger partial charge is 0.234 e. The zero-order valence-electron chi connectivity index (χ0n) is 13.2. The van der Waals surface area contributed by atoms with Gasteiger partial charge in [0.15, 0.2) is 0 Å². The van der Waals surface area contributed by atoms with Gasteiger partial charge in [-0.3, -0.25) is 9.78 Å². The molecule has 3 N–H and O–H groups in total. The van der Waals surface area contributed by atoms with Crippen molar-refractivity contribution >= 4 is 28.2 Å². The van der Waals surface area contributed by atoms with Crippen LogP contribution in [0.2, 0.25) is 0 Å². The van der Waals surface area contributed by atoms with Crippen LogP contribution in [-0.2, 0) is 10.2 Å². The summed E-state index contributed by atoms with van der Waals surface area (Å²) in [6.07, 6.45) is 1.67. The Morgan fingerprint density at radius 3 is 2.57 bits per heavy atom. The molecule has 0 aliphatic rings. The van der Waals surface area contributed by atoms with E-state index in [4.69, 9.17) is 5.73 Å². The van der Waals surface area contributed by atoms with Crippen LogP contribution in [0.1, 0.15) is 19.4 Å². The minimum Gasteiger partial charge on any atom is -0.398 e. The molecule has 0 saturated heterocycles. The van der Waals surface area contributed by atoms with Gasteiger partial charge >= 0.3 is 0 Å². The van der Waals surface area contributed by atoms with Gasteiger partial charge in [0.05, 0.1) is 22.8 Å². The highest BCUT2D eigenvalue weighted by Crippen LogP contribution is 2.29. The summed E-state index contributed by atoms with van der Waals surface area (Å²) in [5, 5.41) is 3.93. The Hall–Kier alpha value is -2.88. The van der Waals surface area contributed by atoms with E-state index >= 15 is 0 Å². The topological polar surface area (TPSA) is 68.0 Å². The molecule has 3 rings (SSSR count). The van der Waals surface area contributed by atoms with Crippen molar-refractivity contribution in [3.8, 4) is 0 Å². The Morgan fingerprint density at radius 2 is 1.78 bits per heavy atom. The van der Waals surface area contributed by atoms with Crippen molar-refractivity contribution in [2.24, 2.45) is 0 Å². The van der Waals surface area contributed by atoms with Crippen molar-refractivity contribution in [1.82, 2.24) is 4.98 Å². The summed E-state index contributed by atoms with van der Waals surface area (Å²) in [6, 6.07) is 17.2. The lowest BCUT2D eigenvalue weighted by atomic mass is 9.82. The number of rotatable bonds is 3. The van der Waals surface area contributed by atoms with E-state index in [1.165, 1.54) is 0 Å². The largest absolute Gasteiger partial charge is 0.398 e. The highest BCUT2D eigenvalue weighted by Gasteiger charge is 2.31. The van der Waals surface area contributed by atoms with Crippen LogP contribution < -0.4 is 11.1 Å². The van der Waals surface area contributed by atoms with Crippen LogP contribution in [0.5, 0.6) is 0 Å². The fraction of sp³-hybridized carbons (Fsp3) is 0.158. The lowest BCUT2D eigenvalue weighted by molar-refractivity contribution is -0.120. The molecule has 1 aromatic heterocycles. The molecule has 0 aliphatic carbocycles. The third-order valence-corrected chi connectivity index (χ3v) is 4.05. The molecule has 0 unspecified atom stereocenters. The van der Waals surface area contributed by atoms with Gasteiger partial charge in [-0.25, -0.2) is 0 Å². The molecule has 1 amide bonds. The quantitative estimate of drug-likeness (QED) is 0.724. The minimum atomic E-state index is -0.739. The average Bonchev–Trinajstić information content (AvgIpc) is 2.55. The van der Waals surface area contributed by atoms with E-state index in [0.717, 1.165) is 16.5 Å². The van der Waals surface area contributed by atoms with Gasteiger partial charge < -0.3 is 11.1 Å². The molecule has 4 nitrogen and oxygen atoms in total. The Morgan fingerprint density at radius 1 is 1.09 bits per heavy atom. The third kappa shape index (κ3) is 2.88. The monoisotopic (exact) mass is 305 g/mol. The van der Waals surface area contributed by atoms with E-state index < -0.39 is 5.41 Å². The fourth-order valence-corrected chi connectivity index (χ4v) is 2.62. The molecule has 0 saturated carbocycles. The standard InChI is InChI=1S/C19H19N3O/c1-19(2,15-8-4-5-9-16(15)20)18(23)22-14-11-13-7-3-6-10-17(13)21-12-14/h3-12H,20H2,1-2H3,(H,22,23). The number of benzene rings is 2. The average molecular weight is 305 g/mol. The molecule has 0 aliphatic heterocycles. The molecule has 3 aromatic rings. The van der Waals surface area contributed by atoms with Crippen molar-refractivity contribution < 1.29 is 4.79 Å². The van der Waals surface area contributed by atoms with Crippen LogP contribution >= 0.6 is 0 Å². The number of aromatic nitrogens is 1. The molecular formula is C19H19N3O. The van der Waals surface area contributed by atoms with Gasteiger partial charge in [-0.05, 0) is 37.6 Å². The predicted octanol–water partition coefficient (Wildman–Crippen LogP) is 3.73. The first kappa shape index (κ1) is 15.0. The number of nitrogens with two attached hydrogens (primary N) is 1. The maximum absolute atomic E-state index is 12.7. The van der Waals surface area contributed by atoms with Crippen molar-refractivity contribution in [3.63, 3.8) is 0 Å². The van der Waals surface area contributed by atoms with Crippen molar-refractivity contribution in [3.05, 3.63) is 66.4 Å². The summed E-state index contributed by atoms with van der Waals surface area (Å²) < 4.78 is 0. The zero-order chi connectivity index (χ0) is 16.4. The number of nitrogens with one attached hydrogen (secondary N) is 1. The molecule has 23 heavy (non-hydrogen) atoms. The predicted molar refractivity (Wildman–Crippen MR) is 94.3 cm³/mol. The van der Waals surface area contributed by atoms with Crippen LogP contribution in [0, 0.1) is 0 Å². The summed E-state index contributed by atoms with van der Waals surface area (Å²) in [5.41, 5.74) is 8.28. The number of hydrogen-bond donors (Lipinski definition) is 2. The summed E-state index contributed by atoms with van der Waals surface area (Å²) in [5.74, 6) is -0.118. The summed E-state index contributed by atoms with van der Waals surface area (Å²) in [7, 11) is 0. The summed E-state index contributed by atoms with van der Waals surface area (Å²) >= 11 is 0. The van der Waals surface area contributed by atoms with E-state index in [9.17, 15) is 4.79 Å². The second-order valence-electron chi connectivity index (χ2n) is 6.08. The number of nitrogens with zero attached hydrogens (tertiary/aromatic N) is 1. The molecule has 0 atom stereocenters. The highest BCUT2D eigenvalue weighted by atomic mass is 16.2. The van der Waals surface area contributed by atoms with Gasteiger partial charge in [0.1, 0.15) is 0 Å². The van der Waals surface area contributed by atoms with Gasteiger partial charge in [0.2, 0.25) is 5.91 Å². The molecule has 0 fully saturated rings. The van der Waals surface area contributed by atoms with E-state index in [0.29, 0.717) is 11.4 Å². The van der Waals surface area contributed by atoms with Crippen molar-refractivity contribution in [2.45, 2.75) is 19.3 Å². The second kappa shape index (κ2) is 5.72. The SMILES string of the molecule is CC(C)(C(=O)Nc1cnc2ccccc2c1)c1ccccc1N. The number of amides is 1. The highest BCUT2D eigenvalue weighted by molar-refractivity contribution is 6.00. The number of carbonyl (C=O) groups is 1. The zero-order valence-corrected chi connectivity index (χ0v) is 13.2. The summed E-state index contributed by atoms with van der Waals surface area (Å²) in [4.78, 5) is 17.1.